The Labute approximate surface area is 174 Å². The molecule has 1 saturated heterocycles. The molecule has 1 aromatic heterocycles. The molecular formula is C18H34IN7. The Balaban J connectivity index is 0.00000243. The summed E-state index contributed by atoms with van der Waals surface area (Å²) >= 11 is 0. The maximum absolute atomic E-state index is 4.87. The minimum Gasteiger partial charge on any atom is -0.357 e. The van der Waals surface area contributed by atoms with Gasteiger partial charge in [0.2, 0.25) is 0 Å². The third-order valence-corrected chi connectivity index (χ3v) is 5.13. The lowest BCUT2D eigenvalue weighted by atomic mass is 9.99. The molecule has 0 radical (unpaired) electrons. The molecule has 3 rings (SSSR count). The summed E-state index contributed by atoms with van der Waals surface area (Å²) in [6.45, 7) is 9.28. The molecule has 0 aromatic carbocycles. The van der Waals surface area contributed by atoms with Crippen LogP contribution in [0.25, 0.3) is 0 Å². The summed E-state index contributed by atoms with van der Waals surface area (Å²) in [5.74, 6) is 3.70. The lowest BCUT2D eigenvalue weighted by molar-refractivity contribution is 0.214. The van der Waals surface area contributed by atoms with Crippen molar-refractivity contribution in [2.24, 2.45) is 10.9 Å². The van der Waals surface area contributed by atoms with Crippen LogP contribution in [-0.2, 0) is 19.4 Å². The number of halogens is 1. The fraction of sp³-hybridized carbons (Fsp3) is 0.833. The van der Waals surface area contributed by atoms with Crippen molar-refractivity contribution in [3.8, 4) is 0 Å². The molecular weight excluding hydrogens is 441 g/mol. The zero-order chi connectivity index (χ0) is 17.6. The zero-order valence-electron chi connectivity index (χ0n) is 16.4. The first-order valence-electron chi connectivity index (χ1n) is 9.83. The average Bonchev–Trinajstić information content (AvgIpc) is 3.02. The molecule has 8 heteroatoms. The van der Waals surface area contributed by atoms with Crippen LogP contribution in [0.3, 0.4) is 0 Å². The van der Waals surface area contributed by atoms with Gasteiger partial charge in [-0.15, -0.1) is 24.0 Å². The van der Waals surface area contributed by atoms with E-state index in [-0.39, 0.29) is 24.0 Å². The first-order chi connectivity index (χ1) is 12.2. The van der Waals surface area contributed by atoms with Crippen molar-refractivity contribution in [3.05, 3.63) is 11.6 Å². The Hall–Kier alpha value is -0.900. The van der Waals surface area contributed by atoms with Gasteiger partial charge in [0.05, 0.1) is 6.54 Å². The fourth-order valence-electron chi connectivity index (χ4n) is 3.78. The van der Waals surface area contributed by atoms with Crippen LogP contribution in [0.1, 0.15) is 44.8 Å². The third-order valence-electron chi connectivity index (χ3n) is 5.13. The molecule has 0 spiro atoms. The highest BCUT2D eigenvalue weighted by Crippen LogP contribution is 2.16. The summed E-state index contributed by atoms with van der Waals surface area (Å²) in [6.07, 6.45) is 5.55. The van der Waals surface area contributed by atoms with E-state index in [0.717, 1.165) is 63.0 Å². The van der Waals surface area contributed by atoms with E-state index in [2.05, 4.69) is 51.2 Å². The fourth-order valence-corrected chi connectivity index (χ4v) is 3.78. The van der Waals surface area contributed by atoms with E-state index in [1.54, 1.807) is 0 Å². The van der Waals surface area contributed by atoms with Crippen molar-refractivity contribution in [2.75, 3.05) is 33.2 Å². The summed E-state index contributed by atoms with van der Waals surface area (Å²) in [7, 11) is 2.21. The predicted octanol–water partition coefficient (Wildman–Crippen LogP) is 1.67. The number of nitrogens with zero attached hydrogens (tertiary/aromatic N) is 5. The molecule has 0 aliphatic carbocycles. The minimum absolute atomic E-state index is 0. The number of hydrogen-bond donors (Lipinski definition) is 2. The maximum atomic E-state index is 4.87. The van der Waals surface area contributed by atoms with Crippen LogP contribution in [-0.4, -0.2) is 64.9 Å². The lowest BCUT2D eigenvalue weighted by Crippen LogP contribution is -2.47. The van der Waals surface area contributed by atoms with Crippen LogP contribution in [0.15, 0.2) is 4.99 Å². The van der Waals surface area contributed by atoms with Crippen LogP contribution < -0.4 is 10.6 Å². The molecule has 2 aliphatic rings. The number of rotatable bonds is 5. The number of aromatic nitrogens is 3. The standard InChI is InChI=1S/C18H33N7.HI/c1-4-16-22-17-9-8-15(13-25(17)23-16)21-18(19-5-2)20-11-14-7-6-10-24(3)12-14;/h14-15H,4-13H2,1-3H3,(H2,19,20,21);1H. The number of piperidine rings is 1. The molecule has 0 saturated carbocycles. The highest BCUT2D eigenvalue weighted by atomic mass is 127. The van der Waals surface area contributed by atoms with Crippen LogP contribution >= 0.6 is 24.0 Å². The maximum Gasteiger partial charge on any atom is 0.191 e. The van der Waals surface area contributed by atoms with Crippen LogP contribution in [0.5, 0.6) is 0 Å². The van der Waals surface area contributed by atoms with E-state index in [1.165, 1.54) is 19.4 Å². The second kappa shape index (κ2) is 10.4. The first-order valence-corrected chi connectivity index (χ1v) is 9.83. The van der Waals surface area contributed by atoms with Crippen molar-refractivity contribution in [2.45, 2.75) is 58.5 Å². The average molecular weight is 475 g/mol. The Morgan fingerprint density at radius 1 is 1.27 bits per heavy atom. The zero-order valence-corrected chi connectivity index (χ0v) is 18.7. The number of hydrogen-bond acceptors (Lipinski definition) is 4. The molecule has 1 aromatic rings. The second-order valence-electron chi connectivity index (χ2n) is 7.35. The van der Waals surface area contributed by atoms with Crippen molar-refractivity contribution in [3.63, 3.8) is 0 Å². The van der Waals surface area contributed by atoms with Gasteiger partial charge in [-0.1, -0.05) is 6.92 Å². The third kappa shape index (κ3) is 5.80. The predicted molar refractivity (Wildman–Crippen MR) is 116 cm³/mol. The summed E-state index contributed by atoms with van der Waals surface area (Å²) in [6, 6.07) is 0.366. The van der Waals surface area contributed by atoms with E-state index in [0.29, 0.717) is 12.0 Å². The van der Waals surface area contributed by atoms with Crippen LogP contribution in [0.2, 0.25) is 0 Å². The Morgan fingerprint density at radius 3 is 2.85 bits per heavy atom. The van der Waals surface area contributed by atoms with Gasteiger partial charge < -0.3 is 15.5 Å². The van der Waals surface area contributed by atoms with Crippen molar-refractivity contribution >= 4 is 29.9 Å². The van der Waals surface area contributed by atoms with Gasteiger partial charge in [-0.25, -0.2) is 9.67 Å². The van der Waals surface area contributed by atoms with E-state index in [1.807, 2.05) is 0 Å². The largest absolute Gasteiger partial charge is 0.357 e. The number of fused-ring (bicyclic) bond motifs is 1. The summed E-state index contributed by atoms with van der Waals surface area (Å²) < 4.78 is 2.07. The van der Waals surface area contributed by atoms with Gasteiger partial charge >= 0.3 is 0 Å². The topological polar surface area (TPSA) is 70.4 Å². The molecule has 2 unspecified atom stereocenters. The molecule has 3 heterocycles. The monoisotopic (exact) mass is 475 g/mol. The molecule has 1 fully saturated rings. The van der Waals surface area contributed by atoms with E-state index >= 15 is 0 Å². The molecule has 2 N–H and O–H groups in total. The van der Waals surface area contributed by atoms with Gasteiger partial charge in [-0.05, 0) is 45.7 Å². The Morgan fingerprint density at radius 2 is 2.12 bits per heavy atom. The Kier molecular flexibility index (Phi) is 8.59. The number of nitrogens with one attached hydrogen (secondary N) is 2. The van der Waals surface area contributed by atoms with Gasteiger partial charge in [0.1, 0.15) is 5.82 Å². The molecule has 26 heavy (non-hydrogen) atoms. The SMILES string of the molecule is CCNC(=NCC1CCCN(C)C1)NC1CCc2nc(CC)nn2C1.I. The van der Waals surface area contributed by atoms with E-state index < -0.39 is 0 Å². The van der Waals surface area contributed by atoms with Gasteiger partial charge in [0, 0.05) is 38.5 Å². The van der Waals surface area contributed by atoms with Crippen molar-refractivity contribution in [1.29, 1.82) is 0 Å². The molecule has 7 nitrogen and oxygen atoms in total. The van der Waals surface area contributed by atoms with Crippen molar-refractivity contribution < 1.29 is 0 Å². The highest BCUT2D eigenvalue weighted by Gasteiger charge is 2.22. The molecule has 0 bridgehead atoms. The second-order valence-corrected chi connectivity index (χ2v) is 7.35. The summed E-state index contributed by atoms with van der Waals surface area (Å²) in [5.41, 5.74) is 0. The van der Waals surface area contributed by atoms with Gasteiger partial charge in [-0.3, -0.25) is 4.99 Å². The normalized spacial score (nSPS) is 23.9. The lowest BCUT2D eigenvalue weighted by Gasteiger charge is -2.29. The first kappa shape index (κ1) is 21.4. The minimum atomic E-state index is 0. The molecule has 148 valence electrons. The quantitative estimate of drug-likeness (QED) is 0.385. The van der Waals surface area contributed by atoms with Gasteiger partial charge in [-0.2, -0.15) is 5.10 Å². The van der Waals surface area contributed by atoms with E-state index in [4.69, 9.17) is 4.99 Å². The summed E-state index contributed by atoms with van der Waals surface area (Å²) in [4.78, 5) is 11.9. The van der Waals surface area contributed by atoms with Crippen LogP contribution in [0.4, 0.5) is 0 Å². The van der Waals surface area contributed by atoms with Gasteiger partial charge in [0.25, 0.3) is 0 Å². The highest BCUT2D eigenvalue weighted by molar-refractivity contribution is 14.0. The summed E-state index contributed by atoms with van der Waals surface area (Å²) in [5, 5.41) is 11.6. The van der Waals surface area contributed by atoms with Gasteiger partial charge in [0.15, 0.2) is 11.8 Å². The smallest absolute Gasteiger partial charge is 0.191 e. The number of guanidine groups is 1. The molecule has 0 amide bonds. The number of aliphatic imine (C=N–C) groups is 1. The van der Waals surface area contributed by atoms with Crippen molar-refractivity contribution in [1.82, 2.24) is 30.3 Å². The van der Waals surface area contributed by atoms with Crippen LogP contribution in [0, 0.1) is 5.92 Å². The Bertz CT molecular complexity index is 586. The van der Waals surface area contributed by atoms with E-state index in [9.17, 15) is 0 Å². The molecule has 2 aliphatic heterocycles. The number of aryl methyl sites for hydroxylation is 2. The molecule has 2 atom stereocenters. The number of likely N-dealkylation sites (tertiary alicyclic amines) is 1.